The maximum atomic E-state index is 12.9. The first-order chi connectivity index (χ1) is 15.0. The fourth-order valence-electron chi connectivity index (χ4n) is 4.01. The highest BCUT2D eigenvalue weighted by atomic mass is 32.2. The van der Waals surface area contributed by atoms with E-state index in [1.54, 1.807) is 11.8 Å². The number of benzene rings is 1. The highest BCUT2D eigenvalue weighted by Crippen LogP contribution is 2.42. The van der Waals surface area contributed by atoms with E-state index in [0.29, 0.717) is 6.61 Å². The Bertz CT molecular complexity index is 705. The first-order valence-electron chi connectivity index (χ1n) is 11.3. The van der Waals surface area contributed by atoms with E-state index < -0.39 is 24.3 Å². The van der Waals surface area contributed by atoms with Gasteiger partial charge in [0.1, 0.15) is 11.7 Å². The summed E-state index contributed by atoms with van der Waals surface area (Å²) in [5.41, 5.74) is 0. The van der Waals surface area contributed by atoms with Crippen molar-refractivity contribution in [3.05, 3.63) is 42.5 Å². The molecule has 0 heterocycles. The Balaban J connectivity index is 2.33. The Labute approximate surface area is 190 Å². The summed E-state index contributed by atoms with van der Waals surface area (Å²) in [5.74, 6) is -1.76. The first kappa shape index (κ1) is 25.6. The molecule has 1 aromatic rings. The standard InChI is InChI=1S/C25H36O5S/c1-5-7-8-9-13-16-22(31-19-14-11-10-12-15-19)24-21(30-18(3)29-6-2)17-20(26)23(24)25(27)28-4/h10-16,18,21-24H,5-9,17H2,1-4H3/b16-13+. The number of unbranched alkanes of at least 4 members (excludes halogenated alkanes) is 3. The van der Waals surface area contributed by atoms with Gasteiger partial charge in [0.05, 0.1) is 13.2 Å². The number of hydrogen-bond acceptors (Lipinski definition) is 6. The van der Waals surface area contributed by atoms with Gasteiger partial charge in [0.2, 0.25) is 0 Å². The van der Waals surface area contributed by atoms with Crippen LogP contribution in [0.1, 0.15) is 52.9 Å². The average Bonchev–Trinajstić information content (AvgIpc) is 3.08. The molecule has 0 aromatic heterocycles. The fraction of sp³-hybridized carbons (Fsp3) is 0.600. The summed E-state index contributed by atoms with van der Waals surface area (Å²) in [6.45, 7) is 6.44. The number of hydrogen-bond donors (Lipinski definition) is 0. The van der Waals surface area contributed by atoms with Gasteiger partial charge in [-0.1, -0.05) is 50.1 Å². The molecule has 1 saturated carbocycles. The monoisotopic (exact) mass is 448 g/mol. The molecule has 0 saturated heterocycles. The van der Waals surface area contributed by atoms with Gasteiger partial charge in [0.15, 0.2) is 6.29 Å². The summed E-state index contributed by atoms with van der Waals surface area (Å²) in [5, 5.41) is -0.0987. The lowest BCUT2D eigenvalue weighted by molar-refractivity contribution is -0.169. The van der Waals surface area contributed by atoms with Crippen LogP contribution >= 0.6 is 11.8 Å². The molecule has 0 bridgehead atoms. The number of Topliss-reactive ketones (excluding diaryl/α,β-unsaturated/α-hetero) is 1. The summed E-state index contributed by atoms with van der Waals surface area (Å²) >= 11 is 1.66. The molecule has 0 aliphatic heterocycles. The van der Waals surface area contributed by atoms with E-state index in [4.69, 9.17) is 14.2 Å². The van der Waals surface area contributed by atoms with Crippen molar-refractivity contribution in [1.82, 2.24) is 0 Å². The number of carbonyl (C=O) groups excluding carboxylic acids is 2. The molecule has 5 atom stereocenters. The zero-order valence-corrected chi connectivity index (χ0v) is 19.9. The Kier molecular flexibility index (Phi) is 11.3. The van der Waals surface area contributed by atoms with E-state index in [2.05, 4.69) is 19.1 Å². The van der Waals surface area contributed by atoms with Crippen molar-refractivity contribution in [2.45, 2.75) is 75.4 Å². The highest BCUT2D eigenvalue weighted by Gasteiger charge is 2.51. The zero-order valence-electron chi connectivity index (χ0n) is 19.1. The van der Waals surface area contributed by atoms with Crippen LogP contribution in [-0.4, -0.2) is 43.1 Å². The number of methoxy groups -OCH3 is 1. The van der Waals surface area contributed by atoms with Gasteiger partial charge in [-0.3, -0.25) is 9.59 Å². The second kappa shape index (κ2) is 13.7. The predicted molar refractivity (Wildman–Crippen MR) is 124 cm³/mol. The number of rotatable bonds is 13. The smallest absolute Gasteiger partial charge is 0.316 e. The van der Waals surface area contributed by atoms with Crippen molar-refractivity contribution in [3.63, 3.8) is 0 Å². The second-order valence-corrected chi connectivity index (χ2v) is 9.02. The lowest BCUT2D eigenvalue weighted by Crippen LogP contribution is -2.37. The van der Waals surface area contributed by atoms with E-state index in [-0.39, 0.29) is 23.4 Å². The van der Waals surface area contributed by atoms with Gasteiger partial charge in [0.25, 0.3) is 0 Å². The molecule has 2 rings (SSSR count). The van der Waals surface area contributed by atoms with Crippen LogP contribution in [0.5, 0.6) is 0 Å². The van der Waals surface area contributed by atoms with E-state index in [1.807, 2.05) is 44.2 Å². The molecule has 1 aliphatic carbocycles. The summed E-state index contributed by atoms with van der Waals surface area (Å²) in [6.07, 6.45) is 8.12. The number of carbonyl (C=O) groups is 2. The van der Waals surface area contributed by atoms with Crippen LogP contribution in [0.3, 0.4) is 0 Å². The number of ketones is 1. The molecule has 5 nitrogen and oxygen atoms in total. The van der Waals surface area contributed by atoms with Gasteiger partial charge < -0.3 is 14.2 Å². The summed E-state index contributed by atoms with van der Waals surface area (Å²) < 4.78 is 16.7. The van der Waals surface area contributed by atoms with Gasteiger partial charge >= 0.3 is 5.97 Å². The van der Waals surface area contributed by atoms with Crippen LogP contribution in [0.25, 0.3) is 0 Å². The lowest BCUT2D eigenvalue weighted by atomic mass is 9.90. The minimum absolute atomic E-state index is 0.0987. The zero-order chi connectivity index (χ0) is 22.6. The predicted octanol–water partition coefficient (Wildman–Crippen LogP) is 5.43. The molecule has 0 radical (unpaired) electrons. The molecule has 1 fully saturated rings. The summed E-state index contributed by atoms with van der Waals surface area (Å²) in [4.78, 5) is 26.5. The molecule has 0 N–H and O–H groups in total. The maximum absolute atomic E-state index is 12.9. The van der Waals surface area contributed by atoms with Crippen molar-refractivity contribution in [3.8, 4) is 0 Å². The molecule has 0 spiro atoms. The highest BCUT2D eigenvalue weighted by molar-refractivity contribution is 8.00. The normalized spacial score (nSPS) is 23.2. The van der Waals surface area contributed by atoms with Crippen LogP contribution < -0.4 is 0 Å². The molecule has 5 unspecified atom stereocenters. The van der Waals surface area contributed by atoms with Crippen molar-refractivity contribution < 1.29 is 23.8 Å². The summed E-state index contributed by atoms with van der Waals surface area (Å²) in [6, 6.07) is 10.1. The topological polar surface area (TPSA) is 61.8 Å². The largest absolute Gasteiger partial charge is 0.468 e. The van der Waals surface area contributed by atoms with Gasteiger partial charge in [-0.25, -0.2) is 0 Å². The lowest BCUT2D eigenvalue weighted by Gasteiger charge is -2.30. The quantitative estimate of drug-likeness (QED) is 0.100. The van der Waals surface area contributed by atoms with Crippen LogP contribution in [0, 0.1) is 11.8 Å². The van der Waals surface area contributed by atoms with Crippen LogP contribution in [0.15, 0.2) is 47.4 Å². The third kappa shape index (κ3) is 7.78. The number of esters is 1. The van der Waals surface area contributed by atoms with Gasteiger partial charge in [0, 0.05) is 29.1 Å². The van der Waals surface area contributed by atoms with Gasteiger partial charge in [-0.05, 0) is 38.8 Å². The molecular weight excluding hydrogens is 412 g/mol. The average molecular weight is 449 g/mol. The fourth-order valence-corrected chi connectivity index (χ4v) is 5.32. The first-order valence-corrected chi connectivity index (χ1v) is 12.2. The molecular formula is C25H36O5S. The van der Waals surface area contributed by atoms with Gasteiger partial charge in [-0.2, -0.15) is 0 Å². The van der Waals surface area contributed by atoms with Gasteiger partial charge in [-0.15, -0.1) is 11.8 Å². The minimum atomic E-state index is -0.828. The molecule has 31 heavy (non-hydrogen) atoms. The van der Waals surface area contributed by atoms with Crippen molar-refractivity contribution in [1.29, 1.82) is 0 Å². The SMILES string of the molecule is CCCCC/C=C/C(Sc1ccccc1)C1C(OC(C)OCC)CC(=O)C1C(=O)OC. The third-order valence-corrected chi connectivity index (χ3v) is 6.77. The van der Waals surface area contributed by atoms with Crippen molar-refractivity contribution >= 4 is 23.5 Å². The number of ether oxygens (including phenoxy) is 3. The molecule has 1 aromatic carbocycles. The number of allylic oxidation sites excluding steroid dienone is 1. The van der Waals surface area contributed by atoms with Crippen molar-refractivity contribution in [2.24, 2.45) is 11.8 Å². The second-order valence-electron chi connectivity index (χ2n) is 7.77. The molecule has 6 heteroatoms. The van der Waals surface area contributed by atoms with Crippen LogP contribution in [0.4, 0.5) is 0 Å². The molecule has 1 aliphatic rings. The molecule has 172 valence electrons. The van der Waals surface area contributed by atoms with E-state index in [1.165, 1.54) is 20.0 Å². The number of thioether (sulfide) groups is 1. The Morgan fingerprint density at radius 2 is 1.97 bits per heavy atom. The Morgan fingerprint density at radius 3 is 2.61 bits per heavy atom. The van der Waals surface area contributed by atoms with Crippen LogP contribution in [0.2, 0.25) is 0 Å². The minimum Gasteiger partial charge on any atom is -0.468 e. The van der Waals surface area contributed by atoms with E-state index >= 15 is 0 Å². The maximum Gasteiger partial charge on any atom is 0.316 e. The third-order valence-electron chi connectivity index (χ3n) is 5.48. The summed E-state index contributed by atoms with van der Waals surface area (Å²) in [7, 11) is 1.34. The Hall–Kier alpha value is -1.63. The van der Waals surface area contributed by atoms with Crippen molar-refractivity contribution in [2.75, 3.05) is 13.7 Å². The molecule has 0 amide bonds. The van der Waals surface area contributed by atoms with Crippen LogP contribution in [-0.2, 0) is 23.8 Å². The van der Waals surface area contributed by atoms with E-state index in [0.717, 1.165) is 17.7 Å². The Morgan fingerprint density at radius 1 is 1.23 bits per heavy atom. The van der Waals surface area contributed by atoms with E-state index in [9.17, 15) is 9.59 Å².